The molecule has 1 amide bonds. The normalized spacial score (nSPS) is 11.3. The van der Waals surface area contributed by atoms with E-state index in [9.17, 15) is 13.2 Å². The van der Waals surface area contributed by atoms with Gasteiger partial charge in [-0.3, -0.25) is 9.78 Å². The fraction of sp³-hybridized carbons (Fsp3) is 0.227. The molecule has 0 aliphatic carbocycles. The van der Waals surface area contributed by atoms with Crippen molar-refractivity contribution in [2.75, 3.05) is 18.4 Å². The first-order chi connectivity index (χ1) is 15.0. The van der Waals surface area contributed by atoms with E-state index in [-0.39, 0.29) is 22.9 Å². The van der Waals surface area contributed by atoms with Gasteiger partial charge in [-0.1, -0.05) is 19.9 Å². The van der Waals surface area contributed by atoms with Crippen LogP contribution in [0.1, 0.15) is 29.8 Å². The zero-order valence-electron chi connectivity index (χ0n) is 17.4. The monoisotopic (exact) mass is 440 g/mol. The van der Waals surface area contributed by atoms with Crippen molar-refractivity contribution in [1.82, 2.24) is 14.3 Å². The van der Waals surface area contributed by atoms with Gasteiger partial charge in [-0.2, -0.15) is 4.31 Å². The van der Waals surface area contributed by atoms with Crippen LogP contribution in [-0.2, 0) is 16.6 Å². The maximum absolute atomic E-state index is 12.8. The first kappa shape index (κ1) is 22.4. The van der Waals surface area contributed by atoms with Crippen LogP contribution in [0.4, 0.5) is 5.82 Å². The number of benzene rings is 1. The van der Waals surface area contributed by atoms with Crippen LogP contribution in [0.15, 0.2) is 72.0 Å². The van der Waals surface area contributed by atoms with Crippen LogP contribution in [0, 0.1) is 0 Å². The molecule has 2 aromatic heterocycles. The number of ether oxygens (including phenoxy) is 1. The molecule has 3 aromatic rings. The van der Waals surface area contributed by atoms with Crippen molar-refractivity contribution in [1.29, 1.82) is 0 Å². The number of sulfonamides is 1. The van der Waals surface area contributed by atoms with Crippen LogP contribution in [0.2, 0.25) is 0 Å². The second kappa shape index (κ2) is 10.1. The summed E-state index contributed by atoms with van der Waals surface area (Å²) in [5.74, 6) is 0.169. The molecule has 0 aliphatic rings. The quantitative estimate of drug-likeness (QED) is 0.548. The van der Waals surface area contributed by atoms with Crippen LogP contribution in [0.5, 0.6) is 5.75 Å². The number of pyridine rings is 2. The van der Waals surface area contributed by atoms with E-state index in [1.54, 1.807) is 50.5 Å². The minimum Gasteiger partial charge on any atom is -0.485 e. The lowest BCUT2D eigenvalue weighted by Gasteiger charge is -2.18. The number of hydrogen-bond donors (Lipinski definition) is 1. The van der Waals surface area contributed by atoms with Gasteiger partial charge in [0.1, 0.15) is 6.61 Å². The highest BCUT2D eigenvalue weighted by molar-refractivity contribution is 7.89. The molecule has 0 radical (unpaired) electrons. The Labute approximate surface area is 182 Å². The minimum absolute atomic E-state index is 0.0685. The van der Waals surface area contributed by atoms with Gasteiger partial charge in [0, 0.05) is 37.2 Å². The molecule has 3 rings (SSSR count). The maximum atomic E-state index is 12.8. The molecule has 1 N–H and O–H groups in total. The van der Waals surface area contributed by atoms with Gasteiger partial charge in [-0.05, 0) is 48.0 Å². The fourth-order valence-corrected chi connectivity index (χ4v) is 4.44. The summed E-state index contributed by atoms with van der Waals surface area (Å²) >= 11 is 0. The van der Waals surface area contributed by atoms with E-state index in [4.69, 9.17) is 4.74 Å². The lowest BCUT2D eigenvalue weighted by molar-refractivity contribution is 0.102. The summed E-state index contributed by atoms with van der Waals surface area (Å²) in [5.41, 5.74) is 1.13. The Balaban J connectivity index is 1.78. The van der Waals surface area contributed by atoms with Crippen molar-refractivity contribution < 1.29 is 17.9 Å². The number of nitrogens with zero attached hydrogens (tertiary/aromatic N) is 3. The maximum Gasteiger partial charge on any atom is 0.256 e. The molecule has 0 aliphatic heterocycles. The highest BCUT2D eigenvalue weighted by Crippen LogP contribution is 2.23. The van der Waals surface area contributed by atoms with Crippen molar-refractivity contribution in [3.8, 4) is 5.75 Å². The number of carbonyl (C=O) groups excluding carboxylic acids is 1. The summed E-state index contributed by atoms with van der Waals surface area (Å²) in [5, 5.41) is 2.70. The molecule has 0 saturated carbocycles. The number of aromatic nitrogens is 2. The Kier molecular flexibility index (Phi) is 7.32. The Morgan fingerprint density at radius 1 is 1.03 bits per heavy atom. The van der Waals surface area contributed by atoms with Crippen molar-refractivity contribution in [3.05, 3.63) is 78.2 Å². The second-order valence-electron chi connectivity index (χ2n) is 6.57. The zero-order chi connectivity index (χ0) is 22.3. The molecule has 0 atom stereocenters. The highest BCUT2D eigenvalue weighted by atomic mass is 32.2. The Morgan fingerprint density at radius 2 is 1.77 bits per heavy atom. The summed E-state index contributed by atoms with van der Waals surface area (Å²) in [7, 11) is -3.67. The summed E-state index contributed by atoms with van der Waals surface area (Å²) in [6.07, 6.45) is 4.88. The number of rotatable bonds is 9. The number of hydrogen-bond acceptors (Lipinski definition) is 6. The summed E-state index contributed by atoms with van der Waals surface area (Å²) in [4.78, 5) is 21.0. The van der Waals surface area contributed by atoms with Gasteiger partial charge in [0.15, 0.2) is 11.6 Å². The molecule has 0 spiro atoms. The number of anilines is 1. The highest BCUT2D eigenvalue weighted by Gasteiger charge is 2.22. The molecule has 2 heterocycles. The lowest BCUT2D eigenvalue weighted by atomic mass is 10.2. The molecular formula is C22H24N4O4S. The Hall–Kier alpha value is -3.30. The zero-order valence-corrected chi connectivity index (χ0v) is 18.2. The van der Waals surface area contributed by atoms with Crippen molar-refractivity contribution in [2.24, 2.45) is 0 Å². The topological polar surface area (TPSA) is 101 Å². The molecule has 0 saturated heterocycles. The SMILES string of the molecule is CCN(CC)S(=O)(=O)c1cccc(C(=O)Nc2ncccc2OCc2ccncc2)c1. The van der Waals surface area contributed by atoms with E-state index >= 15 is 0 Å². The minimum atomic E-state index is -3.67. The molecule has 0 unspecified atom stereocenters. The largest absolute Gasteiger partial charge is 0.485 e. The van der Waals surface area contributed by atoms with E-state index < -0.39 is 15.9 Å². The molecule has 162 valence electrons. The average Bonchev–Trinajstić information content (AvgIpc) is 2.80. The molecule has 9 heteroatoms. The van der Waals surface area contributed by atoms with E-state index in [2.05, 4.69) is 15.3 Å². The van der Waals surface area contributed by atoms with Gasteiger partial charge in [0.25, 0.3) is 5.91 Å². The molecule has 31 heavy (non-hydrogen) atoms. The number of nitrogens with one attached hydrogen (secondary N) is 1. The van der Waals surface area contributed by atoms with Gasteiger partial charge in [0.2, 0.25) is 10.0 Å². The van der Waals surface area contributed by atoms with Gasteiger partial charge in [-0.15, -0.1) is 0 Å². The third-order valence-electron chi connectivity index (χ3n) is 4.59. The average molecular weight is 441 g/mol. The van der Waals surface area contributed by atoms with Gasteiger partial charge in [0.05, 0.1) is 4.90 Å². The van der Waals surface area contributed by atoms with Crippen molar-refractivity contribution in [3.63, 3.8) is 0 Å². The number of carbonyl (C=O) groups is 1. The van der Waals surface area contributed by atoms with Crippen LogP contribution >= 0.6 is 0 Å². The van der Waals surface area contributed by atoms with Crippen LogP contribution in [0.3, 0.4) is 0 Å². The number of amides is 1. The van der Waals surface area contributed by atoms with Crippen LogP contribution < -0.4 is 10.1 Å². The standard InChI is InChI=1S/C22H24N4O4S/c1-3-26(4-2)31(28,29)19-8-5-7-18(15-19)22(27)25-21-20(9-6-12-24-21)30-16-17-10-13-23-14-11-17/h5-15H,3-4,16H2,1-2H3,(H,24,25,27). The van der Waals surface area contributed by atoms with Gasteiger partial charge in [-0.25, -0.2) is 13.4 Å². The Bertz CT molecular complexity index is 1130. The van der Waals surface area contributed by atoms with Gasteiger partial charge >= 0.3 is 0 Å². The van der Waals surface area contributed by atoms with Crippen molar-refractivity contribution >= 4 is 21.7 Å². The predicted octanol–water partition coefficient (Wildman–Crippen LogP) is 3.34. The van der Waals surface area contributed by atoms with Crippen molar-refractivity contribution in [2.45, 2.75) is 25.3 Å². The first-order valence-electron chi connectivity index (χ1n) is 9.84. The summed E-state index contributed by atoms with van der Waals surface area (Å²) in [6.45, 7) is 4.52. The fourth-order valence-electron chi connectivity index (χ4n) is 2.93. The van der Waals surface area contributed by atoms with Gasteiger partial charge < -0.3 is 10.1 Å². The van der Waals surface area contributed by atoms with E-state index in [1.165, 1.54) is 22.6 Å². The van der Waals surface area contributed by atoms with E-state index in [0.717, 1.165) is 5.56 Å². The van der Waals surface area contributed by atoms with E-state index in [0.29, 0.717) is 18.8 Å². The predicted molar refractivity (Wildman–Crippen MR) is 117 cm³/mol. The smallest absolute Gasteiger partial charge is 0.256 e. The third kappa shape index (κ3) is 5.44. The first-order valence-corrected chi connectivity index (χ1v) is 11.3. The summed E-state index contributed by atoms with van der Waals surface area (Å²) < 4.78 is 32.7. The molecule has 1 aromatic carbocycles. The van der Waals surface area contributed by atoms with E-state index in [1.807, 2.05) is 12.1 Å². The third-order valence-corrected chi connectivity index (χ3v) is 6.63. The van der Waals surface area contributed by atoms with Crippen LogP contribution in [0.25, 0.3) is 0 Å². The van der Waals surface area contributed by atoms with Crippen LogP contribution in [-0.4, -0.2) is 41.7 Å². The lowest BCUT2D eigenvalue weighted by Crippen LogP contribution is -2.30. The molecule has 0 fully saturated rings. The Morgan fingerprint density at radius 3 is 2.48 bits per heavy atom. The second-order valence-corrected chi connectivity index (χ2v) is 8.50. The molecular weight excluding hydrogens is 416 g/mol. The molecule has 0 bridgehead atoms. The molecule has 8 nitrogen and oxygen atoms in total. The summed E-state index contributed by atoms with van der Waals surface area (Å²) in [6, 6.07) is 13.0.